The fraction of sp³-hybridized carbons (Fsp3) is 0.565. The highest BCUT2D eigenvalue weighted by atomic mass is 16.6. The standard InChI is InChI=1S/C23H32N4O5/c1-23(2,3)32-22(31)27-14-13-26(20(29)16-27)15-19(28)24-18-10-6-5-9-17(18)21(30)25-11-7-4-8-12-25/h5-6,9-10H,4,7-8,11-16H2,1-3H3,(H,24,28). The van der Waals surface area contributed by atoms with Gasteiger partial charge in [0.25, 0.3) is 5.91 Å². The van der Waals surface area contributed by atoms with E-state index in [1.54, 1.807) is 45.0 Å². The van der Waals surface area contributed by atoms with Crippen LogP contribution in [0.2, 0.25) is 0 Å². The number of likely N-dealkylation sites (tertiary alicyclic amines) is 1. The number of carbonyl (C=O) groups excluding carboxylic acids is 4. The Labute approximate surface area is 188 Å². The van der Waals surface area contributed by atoms with E-state index in [0.717, 1.165) is 32.4 Å². The third-order valence-corrected chi connectivity index (χ3v) is 5.38. The number of piperidine rings is 1. The molecule has 4 amide bonds. The lowest BCUT2D eigenvalue weighted by Crippen LogP contribution is -2.54. The Bertz CT molecular complexity index is 873. The van der Waals surface area contributed by atoms with Gasteiger partial charge >= 0.3 is 6.09 Å². The number of amides is 4. The minimum absolute atomic E-state index is 0.0948. The minimum Gasteiger partial charge on any atom is -0.444 e. The van der Waals surface area contributed by atoms with Gasteiger partial charge in [0.05, 0.1) is 17.8 Å². The number of piperazine rings is 1. The summed E-state index contributed by atoms with van der Waals surface area (Å²) in [6.45, 7) is 6.98. The molecule has 1 aromatic rings. The molecule has 1 N–H and O–H groups in total. The minimum atomic E-state index is -0.643. The first-order chi connectivity index (χ1) is 15.1. The van der Waals surface area contributed by atoms with E-state index in [2.05, 4.69) is 5.32 Å². The smallest absolute Gasteiger partial charge is 0.410 e. The summed E-state index contributed by atoms with van der Waals surface area (Å²) < 4.78 is 5.31. The molecule has 1 aromatic carbocycles. The summed E-state index contributed by atoms with van der Waals surface area (Å²) in [5, 5.41) is 2.78. The van der Waals surface area contributed by atoms with Gasteiger partial charge in [-0.2, -0.15) is 0 Å². The number of ether oxygens (including phenoxy) is 1. The van der Waals surface area contributed by atoms with Crippen molar-refractivity contribution < 1.29 is 23.9 Å². The zero-order chi connectivity index (χ0) is 23.3. The molecule has 2 aliphatic rings. The lowest BCUT2D eigenvalue weighted by Gasteiger charge is -2.34. The highest BCUT2D eigenvalue weighted by Crippen LogP contribution is 2.20. The third-order valence-electron chi connectivity index (χ3n) is 5.38. The zero-order valence-electron chi connectivity index (χ0n) is 19.1. The number of hydrogen-bond donors (Lipinski definition) is 1. The van der Waals surface area contributed by atoms with Gasteiger partial charge in [-0.25, -0.2) is 4.79 Å². The van der Waals surface area contributed by atoms with Crippen molar-refractivity contribution in [2.75, 3.05) is 44.6 Å². The highest BCUT2D eigenvalue weighted by molar-refractivity contribution is 6.04. The fourth-order valence-corrected chi connectivity index (χ4v) is 3.77. The largest absolute Gasteiger partial charge is 0.444 e. The van der Waals surface area contributed by atoms with Crippen LogP contribution in [0.25, 0.3) is 0 Å². The Morgan fingerprint density at radius 2 is 1.66 bits per heavy atom. The maximum Gasteiger partial charge on any atom is 0.410 e. The molecule has 2 fully saturated rings. The quantitative estimate of drug-likeness (QED) is 0.768. The second kappa shape index (κ2) is 10.0. The number of rotatable bonds is 4. The summed E-state index contributed by atoms with van der Waals surface area (Å²) in [6.07, 6.45) is 2.55. The first-order valence-corrected chi connectivity index (χ1v) is 11.1. The molecule has 9 heteroatoms. The topological polar surface area (TPSA) is 99.3 Å². The molecule has 0 aromatic heterocycles. The van der Waals surface area contributed by atoms with E-state index in [1.807, 2.05) is 4.90 Å². The lowest BCUT2D eigenvalue weighted by molar-refractivity contribution is -0.138. The summed E-state index contributed by atoms with van der Waals surface area (Å²) in [4.78, 5) is 54.8. The van der Waals surface area contributed by atoms with Crippen LogP contribution in [0.15, 0.2) is 24.3 Å². The van der Waals surface area contributed by atoms with Gasteiger partial charge in [0.15, 0.2) is 0 Å². The molecule has 3 rings (SSSR count). The van der Waals surface area contributed by atoms with Crippen LogP contribution in [0.3, 0.4) is 0 Å². The van der Waals surface area contributed by atoms with E-state index in [0.29, 0.717) is 11.3 Å². The highest BCUT2D eigenvalue weighted by Gasteiger charge is 2.31. The lowest BCUT2D eigenvalue weighted by atomic mass is 10.1. The van der Waals surface area contributed by atoms with Crippen molar-refractivity contribution in [1.82, 2.24) is 14.7 Å². The predicted molar refractivity (Wildman–Crippen MR) is 119 cm³/mol. The van der Waals surface area contributed by atoms with E-state index in [9.17, 15) is 19.2 Å². The molecule has 0 spiro atoms. The Morgan fingerprint density at radius 3 is 2.31 bits per heavy atom. The number of nitrogens with one attached hydrogen (secondary N) is 1. The number of nitrogens with zero attached hydrogens (tertiary/aromatic N) is 3. The van der Waals surface area contributed by atoms with E-state index in [-0.39, 0.29) is 43.9 Å². The Balaban J connectivity index is 1.57. The zero-order valence-corrected chi connectivity index (χ0v) is 19.1. The third kappa shape index (κ3) is 6.21. The maximum absolute atomic E-state index is 12.9. The monoisotopic (exact) mass is 444 g/mol. The summed E-state index contributed by atoms with van der Waals surface area (Å²) in [5.74, 6) is -0.805. The summed E-state index contributed by atoms with van der Waals surface area (Å²) >= 11 is 0. The van der Waals surface area contributed by atoms with E-state index in [4.69, 9.17) is 4.74 Å². The summed E-state index contributed by atoms with van der Waals surface area (Å²) in [7, 11) is 0. The molecule has 0 aliphatic carbocycles. The molecule has 2 saturated heterocycles. The van der Waals surface area contributed by atoms with Crippen LogP contribution in [0, 0.1) is 0 Å². The summed E-state index contributed by atoms with van der Waals surface area (Å²) in [5.41, 5.74) is 0.243. The molecule has 32 heavy (non-hydrogen) atoms. The van der Waals surface area contributed by atoms with Crippen molar-refractivity contribution in [2.45, 2.75) is 45.6 Å². The van der Waals surface area contributed by atoms with Crippen LogP contribution in [0.4, 0.5) is 10.5 Å². The van der Waals surface area contributed by atoms with Crippen molar-refractivity contribution in [3.05, 3.63) is 29.8 Å². The molecule has 174 valence electrons. The molecule has 0 atom stereocenters. The number of para-hydroxylation sites is 1. The molecule has 0 radical (unpaired) electrons. The van der Waals surface area contributed by atoms with Crippen molar-refractivity contribution in [2.24, 2.45) is 0 Å². The van der Waals surface area contributed by atoms with Crippen molar-refractivity contribution in [3.63, 3.8) is 0 Å². The van der Waals surface area contributed by atoms with Gasteiger partial charge in [0.1, 0.15) is 12.1 Å². The molecular weight excluding hydrogens is 412 g/mol. The molecular formula is C23H32N4O5. The van der Waals surface area contributed by atoms with Gasteiger partial charge in [-0.3, -0.25) is 19.3 Å². The van der Waals surface area contributed by atoms with Gasteiger partial charge in [0, 0.05) is 26.2 Å². The van der Waals surface area contributed by atoms with Gasteiger partial charge in [-0.1, -0.05) is 12.1 Å². The van der Waals surface area contributed by atoms with Gasteiger partial charge < -0.3 is 19.9 Å². The molecule has 2 aliphatic heterocycles. The van der Waals surface area contributed by atoms with Crippen LogP contribution >= 0.6 is 0 Å². The molecule has 9 nitrogen and oxygen atoms in total. The molecule has 2 heterocycles. The van der Waals surface area contributed by atoms with E-state index in [1.165, 1.54) is 9.80 Å². The number of benzene rings is 1. The van der Waals surface area contributed by atoms with Crippen LogP contribution < -0.4 is 5.32 Å². The normalized spacial score (nSPS) is 17.2. The maximum atomic E-state index is 12.9. The van der Waals surface area contributed by atoms with E-state index < -0.39 is 11.7 Å². The van der Waals surface area contributed by atoms with Crippen molar-refractivity contribution in [3.8, 4) is 0 Å². The Hall–Kier alpha value is -3.10. The van der Waals surface area contributed by atoms with Crippen molar-refractivity contribution in [1.29, 1.82) is 0 Å². The second-order valence-corrected chi connectivity index (χ2v) is 9.16. The Morgan fingerprint density at radius 1 is 0.969 bits per heavy atom. The Kier molecular flexibility index (Phi) is 7.37. The van der Waals surface area contributed by atoms with E-state index >= 15 is 0 Å². The van der Waals surface area contributed by atoms with Gasteiger partial charge in [0.2, 0.25) is 11.8 Å². The van der Waals surface area contributed by atoms with Crippen LogP contribution in [-0.4, -0.2) is 83.4 Å². The number of hydrogen-bond acceptors (Lipinski definition) is 5. The fourth-order valence-electron chi connectivity index (χ4n) is 3.77. The molecule has 0 unspecified atom stereocenters. The average Bonchev–Trinajstić information content (AvgIpc) is 2.74. The van der Waals surface area contributed by atoms with Gasteiger partial charge in [-0.15, -0.1) is 0 Å². The second-order valence-electron chi connectivity index (χ2n) is 9.16. The van der Waals surface area contributed by atoms with Crippen LogP contribution in [0.1, 0.15) is 50.4 Å². The van der Waals surface area contributed by atoms with Crippen LogP contribution in [-0.2, 0) is 14.3 Å². The molecule has 0 saturated carbocycles. The molecule has 0 bridgehead atoms. The average molecular weight is 445 g/mol. The summed E-state index contributed by atoms with van der Waals surface area (Å²) in [6, 6.07) is 6.92. The SMILES string of the molecule is CC(C)(C)OC(=O)N1CCN(CC(=O)Nc2ccccc2C(=O)N2CCCCC2)C(=O)C1. The first-order valence-electron chi connectivity index (χ1n) is 11.1. The number of anilines is 1. The first kappa shape index (κ1) is 23.6. The van der Waals surface area contributed by atoms with Gasteiger partial charge in [-0.05, 0) is 52.2 Å². The number of carbonyl (C=O) groups is 4. The van der Waals surface area contributed by atoms with Crippen molar-refractivity contribution >= 4 is 29.5 Å². The van der Waals surface area contributed by atoms with Crippen LogP contribution in [0.5, 0.6) is 0 Å². The predicted octanol–water partition coefficient (Wildman–Crippen LogP) is 2.33.